The Labute approximate surface area is 125 Å². The molecule has 108 valence electrons. The molecule has 0 saturated carbocycles. The summed E-state index contributed by atoms with van der Waals surface area (Å²) in [5, 5.41) is 3.31. The Bertz CT molecular complexity index is 679. The monoisotopic (exact) mass is 280 g/mol. The molecule has 1 N–H and O–H groups in total. The fourth-order valence-electron chi connectivity index (χ4n) is 2.76. The summed E-state index contributed by atoms with van der Waals surface area (Å²) in [5.41, 5.74) is 5.72. The maximum Gasteiger partial charge on any atom is 0.253 e. The first kappa shape index (κ1) is 13.8. The lowest BCUT2D eigenvalue weighted by Crippen LogP contribution is -2.26. The summed E-state index contributed by atoms with van der Waals surface area (Å²) in [6.45, 7) is 4.48. The lowest BCUT2D eigenvalue weighted by atomic mass is 10.0. The highest BCUT2D eigenvalue weighted by Gasteiger charge is 2.16. The fraction of sp³-hybridized carbons (Fsp3) is 0.278. The van der Waals surface area contributed by atoms with Gasteiger partial charge in [0.2, 0.25) is 0 Å². The maximum atomic E-state index is 12.6. The summed E-state index contributed by atoms with van der Waals surface area (Å²) >= 11 is 0. The minimum Gasteiger partial charge on any atom is -0.337 e. The predicted molar refractivity (Wildman–Crippen MR) is 84.0 cm³/mol. The van der Waals surface area contributed by atoms with Crippen LogP contribution in [0.15, 0.2) is 42.5 Å². The zero-order valence-electron chi connectivity index (χ0n) is 12.5. The minimum absolute atomic E-state index is 0.0768. The van der Waals surface area contributed by atoms with Gasteiger partial charge in [0.25, 0.3) is 5.91 Å². The van der Waals surface area contributed by atoms with E-state index in [0.717, 1.165) is 18.7 Å². The fourth-order valence-corrected chi connectivity index (χ4v) is 2.76. The summed E-state index contributed by atoms with van der Waals surface area (Å²) in [6, 6.07) is 14.2. The quantitative estimate of drug-likeness (QED) is 0.937. The molecule has 3 rings (SSSR count). The van der Waals surface area contributed by atoms with E-state index in [0.29, 0.717) is 6.54 Å². The van der Waals surface area contributed by atoms with Crippen molar-refractivity contribution in [1.82, 2.24) is 10.2 Å². The molecule has 1 amide bonds. The number of carbonyl (C=O) groups excluding carboxylic acids is 1. The number of hydrogen-bond donors (Lipinski definition) is 1. The second-order valence-corrected chi connectivity index (χ2v) is 5.67. The second-order valence-electron chi connectivity index (χ2n) is 5.67. The first-order valence-corrected chi connectivity index (χ1v) is 7.27. The zero-order valence-corrected chi connectivity index (χ0v) is 12.5. The summed E-state index contributed by atoms with van der Waals surface area (Å²) in [4.78, 5) is 14.3. The molecule has 0 unspecified atom stereocenters. The van der Waals surface area contributed by atoms with E-state index in [4.69, 9.17) is 0 Å². The first-order valence-electron chi connectivity index (χ1n) is 7.27. The standard InChI is InChI=1S/C18H20N2O/c1-13-5-3-4-6-16(13)12-20(2)18(21)14-7-8-15-10-19-11-17(15)9-14/h3-9,19H,10-12H2,1-2H3. The molecule has 1 aliphatic rings. The van der Waals surface area contributed by atoms with Crippen molar-refractivity contribution in [3.63, 3.8) is 0 Å². The number of hydrogen-bond acceptors (Lipinski definition) is 2. The van der Waals surface area contributed by atoms with E-state index in [2.05, 4.69) is 30.4 Å². The highest BCUT2D eigenvalue weighted by Crippen LogP contribution is 2.19. The van der Waals surface area contributed by atoms with Gasteiger partial charge in [-0.05, 0) is 41.3 Å². The van der Waals surface area contributed by atoms with Crippen LogP contribution in [0.4, 0.5) is 0 Å². The molecule has 0 saturated heterocycles. The third-order valence-electron chi connectivity index (χ3n) is 4.10. The average molecular weight is 280 g/mol. The topological polar surface area (TPSA) is 32.3 Å². The van der Waals surface area contributed by atoms with Gasteiger partial charge in [0, 0.05) is 32.2 Å². The van der Waals surface area contributed by atoms with Crippen molar-refractivity contribution in [2.75, 3.05) is 7.05 Å². The minimum atomic E-state index is 0.0768. The van der Waals surface area contributed by atoms with E-state index in [1.807, 2.05) is 31.3 Å². The van der Waals surface area contributed by atoms with Crippen molar-refractivity contribution in [2.45, 2.75) is 26.6 Å². The Morgan fingerprint density at radius 1 is 1.14 bits per heavy atom. The summed E-state index contributed by atoms with van der Waals surface area (Å²) in [5.74, 6) is 0.0768. The number of nitrogens with one attached hydrogen (secondary N) is 1. The molecule has 0 aliphatic carbocycles. The van der Waals surface area contributed by atoms with Crippen molar-refractivity contribution in [1.29, 1.82) is 0 Å². The lowest BCUT2D eigenvalue weighted by molar-refractivity contribution is 0.0785. The SMILES string of the molecule is Cc1ccccc1CN(C)C(=O)c1ccc2c(c1)CNC2. The van der Waals surface area contributed by atoms with E-state index >= 15 is 0 Å². The number of fused-ring (bicyclic) bond motifs is 1. The molecule has 0 radical (unpaired) electrons. The number of carbonyl (C=O) groups is 1. The summed E-state index contributed by atoms with van der Waals surface area (Å²) in [7, 11) is 1.86. The molecule has 2 aromatic carbocycles. The Balaban J connectivity index is 1.77. The van der Waals surface area contributed by atoms with Crippen LogP contribution in [0.2, 0.25) is 0 Å². The van der Waals surface area contributed by atoms with Crippen LogP contribution >= 0.6 is 0 Å². The van der Waals surface area contributed by atoms with Crippen LogP contribution in [-0.2, 0) is 19.6 Å². The molecule has 1 aliphatic heterocycles. The van der Waals surface area contributed by atoms with E-state index in [-0.39, 0.29) is 5.91 Å². The molecule has 0 aromatic heterocycles. The van der Waals surface area contributed by atoms with E-state index in [1.54, 1.807) is 4.90 Å². The van der Waals surface area contributed by atoms with Crippen molar-refractivity contribution < 1.29 is 4.79 Å². The van der Waals surface area contributed by atoms with Gasteiger partial charge in [-0.2, -0.15) is 0 Å². The van der Waals surface area contributed by atoms with Crippen LogP contribution < -0.4 is 5.32 Å². The Morgan fingerprint density at radius 3 is 2.71 bits per heavy atom. The number of benzene rings is 2. The average Bonchev–Trinajstić information content (AvgIpc) is 2.96. The molecule has 3 heteroatoms. The van der Waals surface area contributed by atoms with Gasteiger partial charge >= 0.3 is 0 Å². The third kappa shape index (κ3) is 2.83. The van der Waals surface area contributed by atoms with Crippen molar-refractivity contribution >= 4 is 5.91 Å². The second kappa shape index (κ2) is 5.70. The third-order valence-corrected chi connectivity index (χ3v) is 4.10. The summed E-state index contributed by atoms with van der Waals surface area (Å²) in [6.07, 6.45) is 0. The normalized spacial score (nSPS) is 13.0. The van der Waals surface area contributed by atoms with Gasteiger partial charge in [-0.1, -0.05) is 30.3 Å². The van der Waals surface area contributed by atoms with Gasteiger partial charge in [0.1, 0.15) is 0 Å². The van der Waals surface area contributed by atoms with Gasteiger partial charge < -0.3 is 10.2 Å². The molecular weight excluding hydrogens is 260 g/mol. The van der Waals surface area contributed by atoms with Gasteiger partial charge in [0.05, 0.1) is 0 Å². The molecule has 0 fully saturated rings. The number of amides is 1. The smallest absolute Gasteiger partial charge is 0.253 e. The Kier molecular flexibility index (Phi) is 3.76. The predicted octanol–water partition coefficient (Wildman–Crippen LogP) is 2.87. The van der Waals surface area contributed by atoms with Crippen LogP contribution in [0, 0.1) is 6.92 Å². The van der Waals surface area contributed by atoms with Crippen molar-refractivity contribution in [2.24, 2.45) is 0 Å². The molecule has 0 spiro atoms. The van der Waals surface area contributed by atoms with Crippen molar-refractivity contribution in [3.8, 4) is 0 Å². The molecule has 0 bridgehead atoms. The number of nitrogens with zero attached hydrogens (tertiary/aromatic N) is 1. The van der Waals surface area contributed by atoms with Crippen LogP contribution in [0.25, 0.3) is 0 Å². The maximum absolute atomic E-state index is 12.6. The molecule has 0 atom stereocenters. The highest BCUT2D eigenvalue weighted by atomic mass is 16.2. The van der Waals surface area contributed by atoms with Crippen molar-refractivity contribution in [3.05, 3.63) is 70.3 Å². The van der Waals surface area contributed by atoms with Crippen LogP contribution in [0.1, 0.15) is 32.6 Å². The van der Waals surface area contributed by atoms with E-state index in [1.165, 1.54) is 22.3 Å². The largest absolute Gasteiger partial charge is 0.337 e. The highest BCUT2D eigenvalue weighted by molar-refractivity contribution is 5.94. The van der Waals surface area contributed by atoms with Gasteiger partial charge in [-0.3, -0.25) is 4.79 Å². The molecule has 21 heavy (non-hydrogen) atoms. The van der Waals surface area contributed by atoms with Gasteiger partial charge in [-0.25, -0.2) is 0 Å². The summed E-state index contributed by atoms with van der Waals surface area (Å²) < 4.78 is 0. The zero-order chi connectivity index (χ0) is 14.8. The molecule has 3 nitrogen and oxygen atoms in total. The first-order chi connectivity index (χ1) is 10.1. The lowest BCUT2D eigenvalue weighted by Gasteiger charge is -2.19. The molecule has 1 heterocycles. The van der Waals surface area contributed by atoms with E-state index < -0.39 is 0 Å². The van der Waals surface area contributed by atoms with Gasteiger partial charge in [-0.15, -0.1) is 0 Å². The Morgan fingerprint density at radius 2 is 1.90 bits per heavy atom. The van der Waals surface area contributed by atoms with Crippen LogP contribution in [-0.4, -0.2) is 17.9 Å². The van der Waals surface area contributed by atoms with E-state index in [9.17, 15) is 4.79 Å². The van der Waals surface area contributed by atoms with Crippen LogP contribution in [0.5, 0.6) is 0 Å². The molecule has 2 aromatic rings. The number of aryl methyl sites for hydroxylation is 1. The van der Waals surface area contributed by atoms with Crippen LogP contribution in [0.3, 0.4) is 0 Å². The number of rotatable bonds is 3. The Hall–Kier alpha value is -2.13. The molecular formula is C18H20N2O. The van der Waals surface area contributed by atoms with Gasteiger partial charge in [0.15, 0.2) is 0 Å².